The number of nitrogens with two attached hydrogens (primary N) is 1. The lowest BCUT2D eigenvalue weighted by molar-refractivity contribution is -0.263. The molecule has 10 heteroatoms. The third-order valence-electron chi connectivity index (χ3n) is 14.3. The molecule has 1 heterocycles. The first-order chi connectivity index (χ1) is 21.3. The normalized spacial score (nSPS) is 44.4. The lowest BCUT2D eigenvalue weighted by atomic mass is 9.34. The second-order valence-corrected chi connectivity index (χ2v) is 16.8. The number of ether oxygens (including phenoxy) is 3. The zero-order chi connectivity index (χ0) is 34.2. The fourth-order valence-corrected chi connectivity index (χ4v) is 11.6. The predicted octanol–water partition coefficient (Wildman–Crippen LogP) is 5.22. The van der Waals surface area contributed by atoms with Crippen molar-refractivity contribution in [2.75, 3.05) is 13.2 Å². The standard InChI is InChI=1S/C36H55NO9/c1-19(2)20(3)32(5)13-14-34(7)22-9-10-26-33(6)17-44-18-36(26,23(22)11-12-35(34,8)28(32)30(41)42)16-25(45-21(4)38)29(33)46-31(43)24(37)15-27(39)40/h11,19-20,22,24-26,28-29H,9-10,12-18,37H2,1-8H3,(H,39,40)(H,41,42)/t20?,22-,24?,25+,26-,28+,29-,32+,33-,34+,35-,36-/m0/s1. The highest BCUT2D eigenvalue weighted by molar-refractivity contribution is 5.82. The number of fused-ring (bicyclic) bond motifs is 3. The zero-order valence-corrected chi connectivity index (χ0v) is 28.9. The lowest BCUT2D eigenvalue weighted by Crippen LogP contribution is -2.70. The van der Waals surface area contributed by atoms with Gasteiger partial charge in [-0.3, -0.25) is 19.2 Å². The molecule has 2 unspecified atom stereocenters. The zero-order valence-electron chi connectivity index (χ0n) is 28.9. The fourth-order valence-electron chi connectivity index (χ4n) is 11.6. The molecule has 5 aliphatic rings. The summed E-state index contributed by atoms with van der Waals surface area (Å²) in [6, 6.07) is -1.35. The van der Waals surface area contributed by atoms with Crippen LogP contribution in [0.1, 0.15) is 100 Å². The molecule has 3 saturated carbocycles. The summed E-state index contributed by atoms with van der Waals surface area (Å²) in [5, 5.41) is 20.1. The maximum absolute atomic E-state index is 13.3. The van der Waals surface area contributed by atoms with Crippen molar-refractivity contribution in [3.05, 3.63) is 11.6 Å². The second kappa shape index (κ2) is 11.6. The largest absolute Gasteiger partial charge is 0.481 e. The summed E-state index contributed by atoms with van der Waals surface area (Å²) in [5.74, 6) is -2.95. The highest BCUT2D eigenvalue weighted by Gasteiger charge is 2.72. The van der Waals surface area contributed by atoms with E-state index in [0.717, 1.165) is 25.7 Å². The molecule has 0 amide bonds. The predicted molar refractivity (Wildman–Crippen MR) is 169 cm³/mol. The van der Waals surface area contributed by atoms with Gasteiger partial charge in [0.15, 0.2) is 0 Å². The summed E-state index contributed by atoms with van der Waals surface area (Å²) < 4.78 is 18.3. The van der Waals surface area contributed by atoms with E-state index in [1.165, 1.54) is 12.5 Å². The van der Waals surface area contributed by atoms with E-state index in [1.54, 1.807) is 0 Å². The van der Waals surface area contributed by atoms with Gasteiger partial charge < -0.3 is 30.2 Å². The van der Waals surface area contributed by atoms with Crippen LogP contribution in [0.5, 0.6) is 0 Å². The van der Waals surface area contributed by atoms with Gasteiger partial charge in [-0.05, 0) is 78.4 Å². The summed E-state index contributed by atoms with van der Waals surface area (Å²) in [4.78, 5) is 50.1. The van der Waals surface area contributed by atoms with Crippen LogP contribution < -0.4 is 5.73 Å². The topological polar surface area (TPSA) is 162 Å². The Morgan fingerprint density at radius 3 is 2.26 bits per heavy atom. The van der Waals surface area contributed by atoms with Crippen LogP contribution in [0.3, 0.4) is 0 Å². The van der Waals surface area contributed by atoms with Gasteiger partial charge in [-0.2, -0.15) is 0 Å². The first kappa shape index (κ1) is 34.9. The SMILES string of the molecule is CC(=O)O[C@@H]1C[C@@]23COC[C@@](C)([C@@H]2CC[C@H]2C3=CC[C@@]3(C)[C@H](C(=O)O)[C@@](C)(C(C)C(C)C)CC[C@]23C)[C@H]1OC(=O)C(N)CC(=O)O. The van der Waals surface area contributed by atoms with Crippen molar-refractivity contribution in [1.82, 2.24) is 0 Å². The summed E-state index contributed by atoms with van der Waals surface area (Å²) in [6.07, 6.45) is 4.64. The number of esters is 2. The van der Waals surface area contributed by atoms with E-state index in [9.17, 15) is 29.4 Å². The maximum Gasteiger partial charge on any atom is 0.323 e. The number of carboxylic acids is 2. The quantitative estimate of drug-likeness (QED) is 0.236. The van der Waals surface area contributed by atoms with Gasteiger partial charge in [0.1, 0.15) is 18.2 Å². The molecule has 1 saturated heterocycles. The number of hydrogen-bond donors (Lipinski definition) is 3. The molecule has 0 aromatic carbocycles. The Morgan fingerprint density at radius 1 is 1.00 bits per heavy atom. The average Bonchev–Trinajstić information content (AvgIpc) is 2.94. The van der Waals surface area contributed by atoms with E-state index in [2.05, 4.69) is 47.6 Å². The maximum atomic E-state index is 13.3. The minimum absolute atomic E-state index is 0.0506. The van der Waals surface area contributed by atoms with Crippen LogP contribution in [0.25, 0.3) is 0 Å². The first-order valence-corrected chi connectivity index (χ1v) is 17.1. The minimum Gasteiger partial charge on any atom is -0.481 e. The third-order valence-corrected chi connectivity index (χ3v) is 14.3. The molecule has 5 rings (SSSR count). The smallest absolute Gasteiger partial charge is 0.323 e. The minimum atomic E-state index is -1.35. The van der Waals surface area contributed by atoms with Crippen LogP contribution in [0.4, 0.5) is 0 Å². The van der Waals surface area contributed by atoms with Gasteiger partial charge in [-0.25, -0.2) is 0 Å². The molecule has 0 spiro atoms. The summed E-state index contributed by atoms with van der Waals surface area (Å²) in [7, 11) is 0. The number of carbonyl (C=O) groups is 4. The molecule has 0 aromatic heterocycles. The Hall–Kier alpha value is -2.46. The summed E-state index contributed by atoms with van der Waals surface area (Å²) in [5.41, 5.74) is 4.91. The molecule has 4 fully saturated rings. The van der Waals surface area contributed by atoms with E-state index in [-0.39, 0.29) is 28.6 Å². The van der Waals surface area contributed by atoms with Gasteiger partial charge in [0.05, 0.1) is 25.6 Å². The molecular formula is C36H55NO9. The van der Waals surface area contributed by atoms with Crippen LogP contribution in [-0.4, -0.2) is 65.6 Å². The highest BCUT2D eigenvalue weighted by atomic mass is 16.6. The van der Waals surface area contributed by atoms with Gasteiger partial charge in [-0.15, -0.1) is 0 Å². The van der Waals surface area contributed by atoms with Crippen molar-refractivity contribution in [2.45, 2.75) is 119 Å². The Kier molecular flexibility index (Phi) is 8.79. The van der Waals surface area contributed by atoms with Gasteiger partial charge in [-0.1, -0.05) is 60.1 Å². The van der Waals surface area contributed by atoms with Crippen LogP contribution in [0.2, 0.25) is 0 Å². The van der Waals surface area contributed by atoms with Gasteiger partial charge >= 0.3 is 23.9 Å². The molecular weight excluding hydrogens is 590 g/mol. The van der Waals surface area contributed by atoms with Crippen LogP contribution in [0.15, 0.2) is 11.6 Å². The van der Waals surface area contributed by atoms with Crippen LogP contribution in [0, 0.1) is 56.7 Å². The molecule has 4 aliphatic carbocycles. The van der Waals surface area contributed by atoms with Gasteiger partial charge in [0.2, 0.25) is 0 Å². The number of carbonyl (C=O) groups excluding carboxylic acids is 2. The van der Waals surface area contributed by atoms with Crippen molar-refractivity contribution >= 4 is 23.9 Å². The van der Waals surface area contributed by atoms with Crippen molar-refractivity contribution in [3.8, 4) is 0 Å². The highest BCUT2D eigenvalue weighted by Crippen LogP contribution is 2.75. The molecule has 12 atom stereocenters. The van der Waals surface area contributed by atoms with Crippen molar-refractivity contribution in [1.29, 1.82) is 0 Å². The Labute approximate surface area is 273 Å². The van der Waals surface area contributed by atoms with E-state index >= 15 is 0 Å². The lowest BCUT2D eigenvalue weighted by Gasteiger charge is -2.71. The Morgan fingerprint density at radius 2 is 1.67 bits per heavy atom. The van der Waals surface area contributed by atoms with Gasteiger partial charge in [0.25, 0.3) is 0 Å². The number of hydrogen-bond acceptors (Lipinski definition) is 8. The van der Waals surface area contributed by atoms with Gasteiger partial charge in [0, 0.05) is 17.8 Å². The molecule has 10 nitrogen and oxygen atoms in total. The number of carboxylic acid groups (broad SMARTS) is 2. The van der Waals surface area contributed by atoms with E-state index in [1.807, 2.05) is 6.92 Å². The second-order valence-electron chi connectivity index (χ2n) is 16.8. The molecule has 4 N–H and O–H groups in total. The van der Waals surface area contributed by atoms with Crippen LogP contribution >= 0.6 is 0 Å². The number of aliphatic carboxylic acids is 2. The third kappa shape index (κ3) is 4.94. The van der Waals surface area contributed by atoms with Crippen molar-refractivity contribution in [3.63, 3.8) is 0 Å². The first-order valence-electron chi connectivity index (χ1n) is 17.1. The van der Waals surface area contributed by atoms with Crippen molar-refractivity contribution in [2.24, 2.45) is 62.4 Å². The fraction of sp³-hybridized carbons (Fsp3) is 0.833. The molecule has 46 heavy (non-hydrogen) atoms. The number of allylic oxidation sites excluding steroid dienone is 1. The average molecular weight is 646 g/mol. The van der Waals surface area contributed by atoms with E-state index < -0.39 is 70.7 Å². The summed E-state index contributed by atoms with van der Waals surface area (Å²) >= 11 is 0. The Bertz CT molecular complexity index is 1310. The van der Waals surface area contributed by atoms with E-state index in [0.29, 0.717) is 32.0 Å². The monoisotopic (exact) mass is 645 g/mol. The van der Waals surface area contributed by atoms with Crippen LogP contribution in [-0.2, 0) is 33.4 Å². The van der Waals surface area contributed by atoms with Crippen molar-refractivity contribution < 1.29 is 43.6 Å². The number of rotatable bonds is 8. The van der Waals surface area contributed by atoms with E-state index in [4.69, 9.17) is 19.9 Å². The Balaban J connectivity index is 1.57. The molecule has 0 aromatic rings. The molecule has 2 bridgehead atoms. The summed E-state index contributed by atoms with van der Waals surface area (Å²) in [6.45, 7) is 17.4. The molecule has 1 aliphatic heterocycles. The molecule has 258 valence electrons. The molecule has 0 radical (unpaired) electrons.